The van der Waals surface area contributed by atoms with Crippen molar-refractivity contribution >= 4 is 17.3 Å². The van der Waals surface area contributed by atoms with Crippen molar-refractivity contribution in [2.45, 2.75) is 64.9 Å². The van der Waals surface area contributed by atoms with Gasteiger partial charge in [-0.2, -0.15) is 5.26 Å². The smallest absolute Gasteiger partial charge is 0.219 e. The van der Waals surface area contributed by atoms with E-state index in [0.717, 1.165) is 36.0 Å². The van der Waals surface area contributed by atoms with E-state index >= 15 is 0 Å². The third-order valence-corrected chi connectivity index (χ3v) is 7.31. The van der Waals surface area contributed by atoms with Gasteiger partial charge in [-0.1, -0.05) is 32.1 Å². The Hall–Kier alpha value is -3.24. The number of carbonyl (C=O) groups excluding carboxylic acids is 2. The van der Waals surface area contributed by atoms with Crippen LogP contribution in [0.1, 0.15) is 85.9 Å². The second-order valence-corrected chi connectivity index (χ2v) is 10.4. The molecule has 2 N–H and O–H groups in total. The second kappa shape index (κ2) is 9.19. The molecule has 7 heteroatoms. The summed E-state index contributed by atoms with van der Waals surface area (Å²) in [6, 6.07) is 7.85. The molecule has 34 heavy (non-hydrogen) atoms. The van der Waals surface area contributed by atoms with Gasteiger partial charge in [0.1, 0.15) is 11.8 Å². The average molecular weight is 461 g/mol. The maximum Gasteiger partial charge on any atom is 0.219 e. The largest absolute Gasteiger partial charge is 0.385 e. The molecule has 0 radical (unpaired) electrons. The number of aromatic nitrogens is 2. The summed E-state index contributed by atoms with van der Waals surface area (Å²) in [5, 5.41) is 20.5. The predicted octanol–water partition coefficient (Wildman–Crippen LogP) is 4.13. The van der Waals surface area contributed by atoms with Gasteiger partial charge in [-0.15, -0.1) is 0 Å². The Balaban J connectivity index is 1.66. The van der Waals surface area contributed by atoms with Gasteiger partial charge in [0.2, 0.25) is 11.7 Å². The predicted molar refractivity (Wildman–Crippen MR) is 129 cm³/mol. The molecule has 1 aliphatic carbocycles. The molecule has 1 aromatic carbocycles. The van der Waals surface area contributed by atoms with E-state index in [4.69, 9.17) is 5.26 Å². The monoisotopic (exact) mass is 460 g/mol. The van der Waals surface area contributed by atoms with Gasteiger partial charge in [0, 0.05) is 26.4 Å². The molecule has 1 fully saturated rings. The molecule has 0 unspecified atom stereocenters. The van der Waals surface area contributed by atoms with Crippen molar-refractivity contribution < 1.29 is 14.7 Å². The van der Waals surface area contributed by atoms with E-state index in [9.17, 15) is 14.7 Å². The first kappa shape index (κ1) is 23.9. The number of imidazole rings is 1. The lowest BCUT2D eigenvalue weighted by molar-refractivity contribution is -0.133. The highest BCUT2D eigenvalue weighted by molar-refractivity contribution is 5.95. The van der Waals surface area contributed by atoms with Crippen LogP contribution in [0.15, 0.2) is 30.5 Å². The van der Waals surface area contributed by atoms with Crippen LogP contribution in [-0.2, 0) is 16.8 Å². The third-order valence-electron chi connectivity index (χ3n) is 7.31. The first-order valence-electron chi connectivity index (χ1n) is 11.9. The number of ketones is 1. The van der Waals surface area contributed by atoms with E-state index in [1.807, 2.05) is 24.3 Å². The van der Waals surface area contributed by atoms with E-state index < -0.39 is 5.60 Å². The molecule has 4 rings (SSSR count). The molecule has 178 valence electrons. The second-order valence-electron chi connectivity index (χ2n) is 10.4. The van der Waals surface area contributed by atoms with Crippen LogP contribution in [0, 0.1) is 16.7 Å². The molecule has 0 saturated carbocycles. The molecule has 7 nitrogen and oxygen atoms in total. The van der Waals surface area contributed by atoms with Crippen LogP contribution in [-0.4, -0.2) is 44.8 Å². The van der Waals surface area contributed by atoms with Crippen LogP contribution in [0.4, 0.5) is 0 Å². The Labute approximate surface area is 200 Å². The zero-order valence-corrected chi connectivity index (χ0v) is 20.1. The minimum Gasteiger partial charge on any atom is -0.385 e. The maximum atomic E-state index is 12.9. The zero-order valence-electron chi connectivity index (χ0n) is 20.1. The van der Waals surface area contributed by atoms with E-state index in [1.54, 1.807) is 11.8 Å². The fourth-order valence-corrected chi connectivity index (χ4v) is 4.90. The van der Waals surface area contributed by atoms with E-state index in [1.165, 1.54) is 11.8 Å². The molecule has 0 bridgehead atoms. The number of aromatic amines is 1. The first-order chi connectivity index (χ1) is 16.1. The fraction of sp³-hybridized carbons (Fsp3) is 0.481. The normalized spacial score (nSPS) is 19.3. The Morgan fingerprint density at radius 2 is 1.97 bits per heavy atom. The van der Waals surface area contributed by atoms with Crippen LogP contribution in [0.3, 0.4) is 0 Å². The van der Waals surface area contributed by atoms with Gasteiger partial charge >= 0.3 is 0 Å². The number of rotatable bonds is 5. The lowest BCUT2D eigenvalue weighted by Crippen LogP contribution is -2.44. The molecule has 1 aromatic heterocycles. The summed E-state index contributed by atoms with van der Waals surface area (Å²) in [4.78, 5) is 33.2. The number of likely N-dealkylation sites (tertiary alicyclic amines) is 1. The summed E-state index contributed by atoms with van der Waals surface area (Å²) < 4.78 is 0. The standard InChI is InChI=1S/C27H32N4O3/c1-18(32)31-12-10-27(34,11-13-31)21-5-4-20(14-24(33)25-29-17-22(16-28)30-25)23(15-21)19-6-8-26(2,3)9-7-19/h4-6,15,17,34H,7-14H2,1-3H3,(H,29,30). The van der Waals surface area contributed by atoms with Crippen LogP contribution >= 0.6 is 0 Å². The molecule has 1 amide bonds. The quantitative estimate of drug-likeness (QED) is 0.652. The number of carbonyl (C=O) groups is 2. The molecule has 0 atom stereocenters. The highest BCUT2D eigenvalue weighted by Crippen LogP contribution is 2.41. The van der Waals surface area contributed by atoms with Gasteiger partial charge < -0.3 is 15.0 Å². The molecule has 0 spiro atoms. The van der Waals surface area contributed by atoms with Crippen LogP contribution in [0.5, 0.6) is 0 Å². The Kier molecular flexibility index (Phi) is 6.46. The number of nitrogens with one attached hydrogen (secondary N) is 1. The Morgan fingerprint density at radius 3 is 2.56 bits per heavy atom. The topological polar surface area (TPSA) is 110 Å². The van der Waals surface area contributed by atoms with Crippen molar-refractivity contribution in [3.05, 3.63) is 58.7 Å². The summed E-state index contributed by atoms with van der Waals surface area (Å²) in [5.41, 5.74) is 3.42. The Morgan fingerprint density at radius 1 is 1.24 bits per heavy atom. The fourth-order valence-electron chi connectivity index (χ4n) is 4.90. The molecular formula is C27H32N4O3. The lowest BCUT2D eigenvalue weighted by Gasteiger charge is -2.38. The number of nitriles is 1. The van der Waals surface area contributed by atoms with Crippen molar-refractivity contribution in [3.8, 4) is 6.07 Å². The summed E-state index contributed by atoms with van der Waals surface area (Å²) >= 11 is 0. The maximum absolute atomic E-state index is 12.9. The molecular weight excluding hydrogens is 428 g/mol. The van der Waals surface area contributed by atoms with Crippen molar-refractivity contribution in [1.82, 2.24) is 14.9 Å². The van der Waals surface area contributed by atoms with Crippen LogP contribution in [0.25, 0.3) is 5.57 Å². The van der Waals surface area contributed by atoms with Gasteiger partial charge in [0.15, 0.2) is 5.82 Å². The number of H-pyrrole nitrogens is 1. The van der Waals surface area contributed by atoms with E-state index in [-0.39, 0.29) is 35.0 Å². The lowest BCUT2D eigenvalue weighted by atomic mass is 9.75. The van der Waals surface area contributed by atoms with Crippen molar-refractivity contribution in [3.63, 3.8) is 0 Å². The minimum atomic E-state index is -1.000. The highest BCUT2D eigenvalue weighted by atomic mass is 16.3. The van der Waals surface area contributed by atoms with E-state index in [2.05, 4.69) is 29.9 Å². The molecule has 1 aliphatic heterocycles. The first-order valence-corrected chi connectivity index (χ1v) is 11.9. The summed E-state index contributed by atoms with van der Waals surface area (Å²) in [5.74, 6) is 0.0327. The van der Waals surface area contributed by atoms with Crippen molar-refractivity contribution in [2.75, 3.05) is 13.1 Å². The number of Topliss-reactive ketones (excluding diaryl/α,β-unsaturated/α-hetero) is 1. The number of amides is 1. The molecule has 2 aliphatic rings. The van der Waals surface area contributed by atoms with Gasteiger partial charge in [0.05, 0.1) is 11.8 Å². The van der Waals surface area contributed by atoms with Crippen molar-refractivity contribution in [2.24, 2.45) is 5.41 Å². The number of benzene rings is 1. The number of aliphatic hydroxyl groups is 1. The molecule has 2 heterocycles. The number of nitrogens with zero attached hydrogens (tertiary/aromatic N) is 3. The summed E-state index contributed by atoms with van der Waals surface area (Å²) in [6.07, 6.45) is 7.68. The zero-order chi connectivity index (χ0) is 24.5. The number of hydrogen-bond donors (Lipinski definition) is 2. The highest BCUT2D eigenvalue weighted by Gasteiger charge is 2.35. The van der Waals surface area contributed by atoms with E-state index in [0.29, 0.717) is 25.9 Å². The summed E-state index contributed by atoms with van der Waals surface area (Å²) in [6.45, 7) is 7.13. The SMILES string of the molecule is CC(=O)N1CCC(O)(c2ccc(CC(=O)c3ncc(C#N)[nH]3)c(C3=CCC(C)(C)CC3)c2)CC1. The molecule has 1 saturated heterocycles. The minimum absolute atomic E-state index is 0.0315. The summed E-state index contributed by atoms with van der Waals surface area (Å²) in [7, 11) is 0. The molecule has 2 aromatic rings. The van der Waals surface area contributed by atoms with Gasteiger partial charge in [-0.3, -0.25) is 9.59 Å². The number of allylic oxidation sites excluding steroid dienone is 2. The Bertz CT molecular complexity index is 1180. The number of piperidine rings is 1. The number of hydrogen-bond acceptors (Lipinski definition) is 5. The van der Waals surface area contributed by atoms with Gasteiger partial charge in [0.25, 0.3) is 0 Å². The average Bonchev–Trinajstić information content (AvgIpc) is 3.29. The van der Waals surface area contributed by atoms with Crippen LogP contribution < -0.4 is 0 Å². The third kappa shape index (κ3) is 4.97. The van der Waals surface area contributed by atoms with Gasteiger partial charge in [-0.25, -0.2) is 4.98 Å². The van der Waals surface area contributed by atoms with Crippen LogP contribution in [0.2, 0.25) is 0 Å². The van der Waals surface area contributed by atoms with Crippen molar-refractivity contribution in [1.29, 1.82) is 5.26 Å². The van der Waals surface area contributed by atoms with Gasteiger partial charge in [-0.05, 0) is 65.8 Å².